The maximum atomic E-state index is 12.4. The van der Waals surface area contributed by atoms with Gasteiger partial charge >= 0.3 is 12.1 Å². The Labute approximate surface area is 200 Å². The number of nitrogens with one attached hydrogen (secondary N) is 1. The number of thiazole rings is 1. The first-order valence-corrected chi connectivity index (χ1v) is 11.5. The molecule has 1 aromatic heterocycles. The van der Waals surface area contributed by atoms with Crippen molar-refractivity contribution < 1.29 is 24.2 Å². The Morgan fingerprint density at radius 2 is 1.76 bits per heavy atom. The van der Waals surface area contributed by atoms with Gasteiger partial charge in [0.05, 0.1) is 12.1 Å². The topological polar surface area (TPSA) is 109 Å². The van der Waals surface area contributed by atoms with Crippen LogP contribution in [0.15, 0.2) is 66.6 Å². The smallest absolute Gasteiger partial charge is 0.413 e. The molecule has 4 rings (SSSR count). The van der Waals surface area contributed by atoms with Crippen LogP contribution in [0.1, 0.15) is 22.7 Å². The van der Waals surface area contributed by atoms with E-state index in [1.165, 1.54) is 11.0 Å². The zero-order valence-corrected chi connectivity index (χ0v) is 19.1. The first-order chi connectivity index (χ1) is 16.5. The molecule has 2 N–H and O–H groups in total. The van der Waals surface area contributed by atoms with Gasteiger partial charge in [0.15, 0.2) is 5.13 Å². The summed E-state index contributed by atoms with van der Waals surface area (Å²) in [6.07, 6.45) is 0.754. The summed E-state index contributed by atoms with van der Waals surface area (Å²) < 4.78 is 5.51. The predicted octanol–water partition coefficient (Wildman–Crippen LogP) is 4.15. The number of fused-ring (bicyclic) bond motifs is 3. The van der Waals surface area contributed by atoms with Crippen LogP contribution in [0.3, 0.4) is 0 Å². The number of hydrogen-bond acceptors (Lipinski definition) is 6. The van der Waals surface area contributed by atoms with E-state index in [0.717, 1.165) is 33.6 Å². The maximum absolute atomic E-state index is 12.4. The molecular formula is C25H23N3O5S. The van der Waals surface area contributed by atoms with Gasteiger partial charge in [0.2, 0.25) is 5.91 Å². The fraction of sp³-hybridized carbons (Fsp3) is 0.200. The molecule has 1 aliphatic carbocycles. The number of ether oxygens (including phenoxy) is 1. The van der Waals surface area contributed by atoms with E-state index in [-0.39, 0.29) is 31.4 Å². The Bertz CT molecular complexity index is 1190. The SMILES string of the molecule is C=CCN(CC(=O)O)C(=O)Cc1csc(NC(=O)OCC2c3ccccc3-c3ccccc32)n1. The molecule has 34 heavy (non-hydrogen) atoms. The van der Waals surface area contributed by atoms with Crippen molar-refractivity contribution in [3.63, 3.8) is 0 Å². The number of hydrogen-bond donors (Lipinski definition) is 2. The Morgan fingerprint density at radius 3 is 2.38 bits per heavy atom. The molecule has 2 aromatic carbocycles. The van der Waals surface area contributed by atoms with Crippen molar-refractivity contribution in [3.05, 3.63) is 83.4 Å². The first kappa shape index (κ1) is 23.2. The van der Waals surface area contributed by atoms with Crippen molar-refractivity contribution in [1.29, 1.82) is 0 Å². The molecule has 8 nitrogen and oxygen atoms in total. The Balaban J connectivity index is 1.35. The molecule has 0 saturated carbocycles. The molecule has 0 radical (unpaired) electrons. The van der Waals surface area contributed by atoms with E-state index in [2.05, 4.69) is 29.0 Å². The van der Waals surface area contributed by atoms with Crippen molar-refractivity contribution in [2.24, 2.45) is 0 Å². The molecule has 9 heteroatoms. The average molecular weight is 478 g/mol. The number of nitrogens with zero attached hydrogens (tertiary/aromatic N) is 2. The number of amides is 2. The van der Waals surface area contributed by atoms with Crippen LogP contribution >= 0.6 is 11.3 Å². The molecule has 0 saturated heterocycles. The predicted molar refractivity (Wildman–Crippen MR) is 129 cm³/mol. The van der Waals surface area contributed by atoms with Gasteiger partial charge in [0.1, 0.15) is 13.2 Å². The van der Waals surface area contributed by atoms with Gasteiger partial charge < -0.3 is 14.7 Å². The quantitative estimate of drug-likeness (QED) is 0.448. The average Bonchev–Trinajstić information content (AvgIpc) is 3.39. The largest absolute Gasteiger partial charge is 0.480 e. The fourth-order valence-electron chi connectivity index (χ4n) is 4.01. The van der Waals surface area contributed by atoms with Gasteiger partial charge in [-0.05, 0) is 22.3 Å². The summed E-state index contributed by atoms with van der Waals surface area (Å²) in [6, 6.07) is 16.2. The van der Waals surface area contributed by atoms with Gasteiger partial charge in [-0.2, -0.15) is 0 Å². The van der Waals surface area contributed by atoms with Crippen molar-refractivity contribution in [2.75, 3.05) is 25.0 Å². The number of anilines is 1. The summed E-state index contributed by atoms with van der Waals surface area (Å²) in [4.78, 5) is 41.2. The Morgan fingerprint density at radius 1 is 1.12 bits per heavy atom. The normalized spacial score (nSPS) is 11.9. The lowest BCUT2D eigenvalue weighted by Gasteiger charge is -2.18. The van der Waals surface area contributed by atoms with Crippen molar-refractivity contribution in [3.8, 4) is 11.1 Å². The lowest BCUT2D eigenvalue weighted by Crippen LogP contribution is -2.36. The van der Waals surface area contributed by atoms with E-state index in [0.29, 0.717) is 10.8 Å². The zero-order valence-electron chi connectivity index (χ0n) is 18.3. The van der Waals surface area contributed by atoms with E-state index in [1.54, 1.807) is 5.38 Å². The van der Waals surface area contributed by atoms with E-state index >= 15 is 0 Å². The molecule has 0 atom stereocenters. The molecule has 3 aromatic rings. The van der Waals surface area contributed by atoms with Crippen LogP contribution in [0.5, 0.6) is 0 Å². The zero-order chi connectivity index (χ0) is 24.1. The van der Waals surface area contributed by atoms with Gasteiger partial charge in [0.25, 0.3) is 0 Å². The summed E-state index contributed by atoms with van der Waals surface area (Å²) in [5.74, 6) is -1.54. The molecule has 1 aliphatic rings. The Hall–Kier alpha value is -3.98. The molecule has 2 amide bonds. The van der Waals surface area contributed by atoms with E-state index in [9.17, 15) is 14.4 Å². The molecule has 1 heterocycles. The second-order valence-corrected chi connectivity index (χ2v) is 8.59. The summed E-state index contributed by atoms with van der Waals surface area (Å²) in [6.45, 7) is 3.43. The van der Waals surface area contributed by atoms with Crippen LogP contribution in [0.2, 0.25) is 0 Å². The van der Waals surface area contributed by atoms with Crippen molar-refractivity contribution >= 4 is 34.4 Å². The second kappa shape index (κ2) is 10.3. The number of carboxylic acids is 1. The minimum atomic E-state index is -1.11. The minimum Gasteiger partial charge on any atom is -0.480 e. The van der Waals surface area contributed by atoms with E-state index < -0.39 is 18.6 Å². The maximum Gasteiger partial charge on any atom is 0.413 e. The van der Waals surface area contributed by atoms with Crippen LogP contribution in [-0.2, 0) is 20.7 Å². The highest BCUT2D eigenvalue weighted by atomic mass is 32.1. The summed E-state index contributed by atoms with van der Waals surface area (Å²) in [5.41, 5.74) is 4.97. The molecule has 0 bridgehead atoms. The summed E-state index contributed by atoms with van der Waals surface area (Å²) >= 11 is 1.16. The highest BCUT2D eigenvalue weighted by Crippen LogP contribution is 2.44. The molecule has 0 unspecified atom stereocenters. The lowest BCUT2D eigenvalue weighted by atomic mass is 9.98. The van der Waals surface area contributed by atoms with E-state index in [1.807, 2.05) is 36.4 Å². The third-order valence-electron chi connectivity index (χ3n) is 5.47. The van der Waals surface area contributed by atoms with Crippen molar-refractivity contribution in [2.45, 2.75) is 12.3 Å². The lowest BCUT2D eigenvalue weighted by molar-refractivity contribution is -0.143. The monoisotopic (exact) mass is 477 g/mol. The number of aliphatic carboxylic acids is 1. The van der Waals surface area contributed by atoms with E-state index in [4.69, 9.17) is 9.84 Å². The third-order valence-corrected chi connectivity index (χ3v) is 6.27. The number of benzene rings is 2. The van der Waals surface area contributed by atoms with Crippen LogP contribution in [-0.4, -0.2) is 52.7 Å². The van der Waals surface area contributed by atoms with Crippen LogP contribution in [0.25, 0.3) is 11.1 Å². The second-order valence-electron chi connectivity index (χ2n) is 7.73. The van der Waals surface area contributed by atoms with Crippen LogP contribution in [0.4, 0.5) is 9.93 Å². The fourth-order valence-corrected chi connectivity index (χ4v) is 4.70. The van der Waals surface area contributed by atoms with Gasteiger partial charge in [-0.1, -0.05) is 54.6 Å². The van der Waals surface area contributed by atoms with Gasteiger partial charge in [-0.15, -0.1) is 17.9 Å². The number of rotatable bonds is 9. The third kappa shape index (κ3) is 5.15. The minimum absolute atomic E-state index is 0.0484. The Kier molecular flexibility index (Phi) is 7.03. The number of carbonyl (C=O) groups is 3. The van der Waals surface area contributed by atoms with Gasteiger partial charge in [-0.25, -0.2) is 9.78 Å². The van der Waals surface area contributed by atoms with Gasteiger partial charge in [-0.3, -0.25) is 14.9 Å². The number of carbonyl (C=O) groups excluding carboxylic acids is 2. The van der Waals surface area contributed by atoms with Crippen LogP contribution in [0, 0.1) is 0 Å². The highest BCUT2D eigenvalue weighted by Gasteiger charge is 2.29. The van der Waals surface area contributed by atoms with Crippen LogP contribution < -0.4 is 5.32 Å². The number of aromatic nitrogens is 1. The highest BCUT2D eigenvalue weighted by molar-refractivity contribution is 7.13. The van der Waals surface area contributed by atoms with Crippen molar-refractivity contribution in [1.82, 2.24) is 9.88 Å². The number of carboxylic acid groups (broad SMARTS) is 1. The first-order valence-electron chi connectivity index (χ1n) is 10.6. The molecule has 174 valence electrons. The molecule has 0 aliphatic heterocycles. The molecule has 0 spiro atoms. The van der Waals surface area contributed by atoms with Gasteiger partial charge in [0, 0.05) is 17.8 Å². The standard InChI is InChI=1S/C25H23N3O5S/c1-2-11-28(13-23(30)31)22(29)12-16-15-34-24(26-16)27-25(32)33-14-21-19-9-5-3-7-17(19)18-8-4-6-10-20(18)21/h2-10,15,21H,1,11-14H2,(H,30,31)(H,26,27,32). The summed E-state index contributed by atoms with van der Waals surface area (Å²) in [7, 11) is 0. The summed E-state index contributed by atoms with van der Waals surface area (Å²) in [5, 5.41) is 13.5. The molecule has 0 fully saturated rings. The molecular weight excluding hydrogens is 454 g/mol.